The number of hydrogen-bond acceptors (Lipinski definition) is 3. The highest BCUT2D eigenvalue weighted by Gasteiger charge is 2.57. The van der Waals surface area contributed by atoms with Crippen molar-refractivity contribution in [2.24, 2.45) is 23.7 Å². The van der Waals surface area contributed by atoms with E-state index in [-0.39, 0.29) is 11.8 Å². The molecule has 1 amide bonds. The molecule has 0 aromatic heterocycles. The number of aliphatic hydroxyl groups is 1. The summed E-state index contributed by atoms with van der Waals surface area (Å²) < 4.78 is 0. The van der Waals surface area contributed by atoms with Crippen molar-refractivity contribution in [2.45, 2.75) is 51.2 Å². The minimum absolute atomic E-state index is 0.0202. The largest absolute Gasteiger partial charge is 0.375 e. The number of likely N-dealkylation sites (tertiary alicyclic amines) is 1. The Kier molecular flexibility index (Phi) is 6.58. The van der Waals surface area contributed by atoms with Crippen LogP contribution in [-0.2, 0) is 16.9 Å². The zero-order valence-electron chi connectivity index (χ0n) is 19.9. The van der Waals surface area contributed by atoms with Crippen molar-refractivity contribution in [1.82, 2.24) is 9.80 Å². The topological polar surface area (TPSA) is 43.8 Å². The van der Waals surface area contributed by atoms with Crippen LogP contribution in [0, 0.1) is 23.7 Å². The van der Waals surface area contributed by atoms with Crippen molar-refractivity contribution in [2.75, 3.05) is 26.2 Å². The molecule has 2 aromatic carbocycles. The number of carbonyl (C=O) groups is 1. The molecule has 3 atom stereocenters. The molecule has 1 aliphatic heterocycles. The summed E-state index contributed by atoms with van der Waals surface area (Å²) >= 11 is 0. The van der Waals surface area contributed by atoms with Crippen molar-refractivity contribution in [1.29, 1.82) is 0 Å². The van der Waals surface area contributed by atoms with Gasteiger partial charge in [0.1, 0.15) is 0 Å². The Hall–Kier alpha value is -2.17. The quantitative estimate of drug-likeness (QED) is 0.608. The first-order valence-corrected chi connectivity index (χ1v) is 12.9. The second-order valence-corrected chi connectivity index (χ2v) is 10.5. The maximum atomic E-state index is 14.0. The molecule has 0 bridgehead atoms. The van der Waals surface area contributed by atoms with Crippen LogP contribution in [0.15, 0.2) is 60.7 Å². The molecule has 1 N–H and O–H groups in total. The average Bonchev–Trinajstić information content (AvgIpc) is 3.25. The molecule has 3 aliphatic rings. The monoisotopic (exact) mass is 446 g/mol. The number of hydrogen-bond donors (Lipinski definition) is 1. The van der Waals surface area contributed by atoms with Crippen LogP contribution in [-0.4, -0.2) is 47.0 Å². The van der Waals surface area contributed by atoms with Gasteiger partial charge in [-0.3, -0.25) is 9.69 Å². The highest BCUT2D eigenvalue weighted by molar-refractivity contribution is 5.87. The molecule has 5 rings (SSSR count). The third kappa shape index (κ3) is 4.48. The Morgan fingerprint density at radius 1 is 1.00 bits per heavy atom. The van der Waals surface area contributed by atoms with Gasteiger partial charge in [0.05, 0.1) is 0 Å². The Balaban J connectivity index is 1.27. The van der Waals surface area contributed by atoms with E-state index in [2.05, 4.69) is 42.2 Å². The Morgan fingerprint density at radius 3 is 2.21 bits per heavy atom. The summed E-state index contributed by atoms with van der Waals surface area (Å²) in [7, 11) is 0. The summed E-state index contributed by atoms with van der Waals surface area (Å²) in [6.45, 7) is 6.93. The molecule has 0 radical (unpaired) electrons. The van der Waals surface area contributed by atoms with Gasteiger partial charge in [-0.2, -0.15) is 0 Å². The molecule has 3 unspecified atom stereocenters. The standard InChI is InChI=1S/C29H38N2O2/c1-2-17-31(21-27-25-19-30(20-26(25)27)18-22-11-5-3-6-12-22)28(32)29(33,24-15-9-10-16-24)23-13-7-4-8-14-23/h3-8,11-14,24-27,33H,2,9-10,15-21H2,1H3. The number of rotatable bonds is 9. The van der Waals surface area contributed by atoms with Crippen LogP contribution in [0.25, 0.3) is 0 Å². The van der Waals surface area contributed by atoms with Gasteiger partial charge in [-0.1, -0.05) is 80.4 Å². The van der Waals surface area contributed by atoms with E-state index in [1.807, 2.05) is 35.2 Å². The highest BCUT2D eigenvalue weighted by Crippen LogP contribution is 2.52. The third-order valence-electron chi connectivity index (χ3n) is 8.39. The van der Waals surface area contributed by atoms with E-state index in [0.29, 0.717) is 17.8 Å². The van der Waals surface area contributed by atoms with Crippen LogP contribution >= 0.6 is 0 Å². The molecule has 0 spiro atoms. The molecular weight excluding hydrogens is 408 g/mol. The lowest BCUT2D eigenvalue weighted by Gasteiger charge is -2.38. The Labute approximate surface area is 198 Å². The van der Waals surface area contributed by atoms with Crippen molar-refractivity contribution in [3.05, 3.63) is 71.8 Å². The summed E-state index contributed by atoms with van der Waals surface area (Å²) in [5, 5.41) is 12.0. The minimum Gasteiger partial charge on any atom is -0.375 e. The molecule has 1 heterocycles. The average molecular weight is 447 g/mol. The van der Waals surface area contributed by atoms with Crippen molar-refractivity contribution in [3.63, 3.8) is 0 Å². The van der Waals surface area contributed by atoms with Gasteiger partial charge in [-0.15, -0.1) is 0 Å². The number of piperidine rings is 1. The summed E-state index contributed by atoms with van der Waals surface area (Å²) in [6.07, 6.45) is 4.99. The van der Waals surface area contributed by atoms with Gasteiger partial charge in [0.25, 0.3) is 5.91 Å². The van der Waals surface area contributed by atoms with E-state index >= 15 is 0 Å². The van der Waals surface area contributed by atoms with Crippen LogP contribution in [0.2, 0.25) is 0 Å². The first-order valence-electron chi connectivity index (χ1n) is 12.9. The fourth-order valence-corrected chi connectivity index (χ4v) is 6.59. The second-order valence-electron chi connectivity index (χ2n) is 10.5. The zero-order chi connectivity index (χ0) is 22.8. The third-order valence-corrected chi connectivity index (χ3v) is 8.39. The van der Waals surface area contributed by atoms with E-state index in [4.69, 9.17) is 0 Å². The molecule has 2 aliphatic carbocycles. The van der Waals surface area contributed by atoms with Gasteiger partial charge in [0.15, 0.2) is 5.60 Å². The van der Waals surface area contributed by atoms with E-state index in [1.54, 1.807) is 0 Å². The molecule has 176 valence electrons. The van der Waals surface area contributed by atoms with Crippen LogP contribution in [0.1, 0.15) is 50.2 Å². The van der Waals surface area contributed by atoms with E-state index in [9.17, 15) is 9.90 Å². The number of benzene rings is 2. The van der Waals surface area contributed by atoms with Crippen molar-refractivity contribution < 1.29 is 9.90 Å². The summed E-state index contributed by atoms with van der Waals surface area (Å²) in [5.41, 5.74) is 0.756. The Bertz CT molecular complexity index is 915. The summed E-state index contributed by atoms with van der Waals surface area (Å²) in [5.74, 6) is 1.92. The number of carbonyl (C=O) groups excluding carboxylic acids is 1. The van der Waals surface area contributed by atoms with Gasteiger partial charge >= 0.3 is 0 Å². The smallest absolute Gasteiger partial charge is 0.259 e. The van der Waals surface area contributed by atoms with Crippen LogP contribution in [0.3, 0.4) is 0 Å². The second kappa shape index (κ2) is 9.60. The first kappa shape index (κ1) is 22.6. The molecule has 4 heteroatoms. The molecule has 2 aromatic rings. The van der Waals surface area contributed by atoms with Crippen LogP contribution in [0.4, 0.5) is 0 Å². The first-order chi connectivity index (χ1) is 16.1. The summed E-state index contributed by atoms with van der Waals surface area (Å²) in [6, 6.07) is 20.4. The highest BCUT2D eigenvalue weighted by atomic mass is 16.3. The molecule has 3 fully saturated rings. The van der Waals surface area contributed by atoms with E-state index in [1.165, 1.54) is 5.56 Å². The van der Waals surface area contributed by atoms with Gasteiger partial charge in [-0.05, 0) is 48.1 Å². The predicted octanol–water partition coefficient (Wildman–Crippen LogP) is 4.68. The fraction of sp³-hybridized carbons (Fsp3) is 0.552. The number of amides is 1. The summed E-state index contributed by atoms with van der Waals surface area (Å²) in [4.78, 5) is 18.6. The lowest BCUT2D eigenvalue weighted by Crippen LogP contribution is -2.52. The Morgan fingerprint density at radius 2 is 1.61 bits per heavy atom. The number of fused-ring (bicyclic) bond motifs is 1. The van der Waals surface area contributed by atoms with E-state index in [0.717, 1.165) is 70.4 Å². The zero-order valence-corrected chi connectivity index (χ0v) is 19.9. The van der Waals surface area contributed by atoms with Crippen LogP contribution in [0.5, 0.6) is 0 Å². The van der Waals surface area contributed by atoms with Crippen LogP contribution < -0.4 is 0 Å². The van der Waals surface area contributed by atoms with E-state index < -0.39 is 5.60 Å². The maximum absolute atomic E-state index is 14.0. The fourth-order valence-electron chi connectivity index (χ4n) is 6.59. The normalized spacial score (nSPS) is 26.7. The number of nitrogens with zero attached hydrogens (tertiary/aromatic N) is 2. The SMILES string of the molecule is CCCN(CC1C2CN(Cc3ccccc3)CC21)C(=O)C(O)(c1ccccc1)C1CCCC1. The van der Waals surface area contributed by atoms with Crippen molar-refractivity contribution >= 4 is 5.91 Å². The molecule has 1 saturated heterocycles. The van der Waals surface area contributed by atoms with Gasteiger partial charge in [-0.25, -0.2) is 0 Å². The molecule has 2 saturated carbocycles. The van der Waals surface area contributed by atoms with Crippen molar-refractivity contribution in [3.8, 4) is 0 Å². The molecule has 4 nitrogen and oxygen atoms in total. The van der Waals surface area contributed by atoms with Gasteiger partial charge in [0, 0.05) is 38.6 Å². The lowest BCUT2D eigenvalue weighted by atomic mass is 9.79. The van der Waals surface area contributed by atoms with Gasteiger partial charge in [0.2, 0.25) is 0 Å². The van der Waals surface area contributed by atoms with Gasteiger partial charge < -0.3 is 10.0 Å². The maximum Gasteiger partial charge on any atom is 0.259 e. The lowest BCUT2D eigenvalue weighted by molar-refractivity contribution is -0.159. The molecule has 33 heavy (non-hydrogen) atoms. The predicted molar refractivity (Wildman–Crippen MR) is 131 cm³/mol. The molecular formula is C29H38N2O2. The minimum atomic E-state index is -1.39.